The van der Waals surface area contributed by atoms with E-state index in [0.717, 1.165) is 39.3 Å². The van der Waals surface area contributed by atoms with Gasteiger partial charge in [-0.1, -0.05) is 20.8 Å². The maximum atomic E-state index is 5.67. The van der Waals surface area contributed by atoms with E-state index in [-0.39, 0.29) is 0 Å². The minimum absolute atomic E-state index is 0.671. The van der Waals surface area contributed by atoms with Gasteiger partial charge in [-0.3, -0.25) is 4.90 Å². The molecule has 0 amide bonds. The Balaban J connectivity index is 2.44. The molecule has 0 aliphatic heterocycles. The fourth-order valence-electron chi connectivity index (χ4n) is 2.02. The second-order valence-electron chi connectivity index (χ2n) is 4.47. The van der Waals surface area contributed by atoms with E-state index in [1.807, 2.05) is 6.20 Å². The Kier molecular flexibility index (Phi) is 7.23. The molecule has 1 rings (SSSR count). The van der Waals surface area contributed by atoms with Crippen LogP contribution in [0.3, 0.4) is 0 Å². The van der Waals surface area contributed by atoms with Gasteiger partial charge in [0, 0.05) is 30.7 Å². The van der Waals surface area contributed by atoms with Gasteiger partial charge in [-0.2, -0.15) is 0 Å². The quantitative estimate of drug-likeness (QED) is 0.748. The van der Waals surface area contributed by atoms with Crippen molar-refractivity contribution in [2.75, 3.05) is 38.5 Å². The predicted molar refractivity (Wildman–Crippen MR) is 79.9 cm³/mol. The van der Waals surface area contributed by atoms with E-state index < -0.39 is 0 Å². The smallest absolute Gasteiger partial charge is 0.180 e. The van der Waals surface area contributed by atoms with Crippen molar-refractivity contribution in [2.45, 2.75) is 33.7 Å². The van der Waals surface area contributed by atoms with Crippen LogP contribution < -0.4 is 5.73 Å². The Bertz CT molecular complexity index is 323. The standard InChI is InChI=1S/C13H26N4S/c1-4-7-17(9-8-16(5-2)6-3)11-12-10-15-13(14)18-12/h10H,4-9,11H2,1-3H3,(H2,14,15). The molecule has 2 N–H and O–H groups in total. The molecular formula is C13H26N4S. The molecule has 0 saturated carbocycles. The first-order valence-corrected chi connectivity index (χ1v) is 7.66. The number of hydrogen-bond donors (Lipinski definition) is 1. The minimum Gasteiger partial charge on any atom is -0.375 e. The molecule has 104 valence electrons. The maximum Gasteiger partial charge on any atom is 0.180 e. The third kappa shape index (κ3) is 5.33. The molecule has 0 fully saturated rings. The molecule has 4 nitrogen and oxygen atoms in total. The largest absolute Gasteiger partial charge is 0.375 e. The fourth-order valence-corrected chi connectivity index (χ4v) is 2.75. The van der Waals surface area contributed by atoms with Crippen molar-refractivity contribution in [1.82, 2.24) is 14.8 Å². The maximum absolute atomic E-state index is 5.67. The average molecular weight is 270 g/mol. The molecule has 0 atom stereocenters. The zero-order valence-electron chi connectivity index (χ0n) is 11.9. The summed E-state index contributed by atoms with van der Waals surface area (Å²) >= 11 is 1.60. The van der Waals surface area contributed by atoms with Crippen molar-refractivity contribution in [3.05, 3.63) is 11.1 Å². The van der Waals surface area contributed by atoms with Gasteiger partial charge in [0.1, 0.15) is 0 Å². The number of anilines is 1. The first-order chi connectivity index (χ1) is 8.69. The third-order valence-corrected chi connectivity index (χ3v) is 3.93. The van der Waals surface area contributed by atoms with Gasteiger partial charge in [-0.15, -0.1) is 11.3 Å². The Morgan fingerprint density at radius 1 is 1.11 bits per heavy atom. The van der Waals surface area contributed by atoms with E-state index >= 15 is 0 Å². The lowest BCUT2D eigenvalue weighted by molar-refractivity contribution is 0.209. The first-order valence-electron chi connectivity index (χ1n) is 6.84. The monoisotopic (exact) mass is 270 g/mol. The molecule has 0 aliphatic carbocycles. The summed E-state index contributed by atoms with van der Waals surface area (Å²) in [4.78, 5) is 10.3. The highest BCUT2D eigenvalue weighted by molar-refractivity contribution is 7.15. The molecule has 1 heterocycles. The van der Waals surface area contributed by atoms with Gasteiger partial charge in [0.25, 0.3) is 0 Å². The molecule has 0 aromatic carbocycles. The first kappa shape index (κ1) is 15.4. The van der Waals surface area contributed by atoms with E-state index in [9.17, 15) is 0 Å². The summed E-state index contributed by atoms with van der Waals surface area (Å²) in [7, 11) is 0. The summed E-state index contributed by atoms with van der Waals surface area (Å²) in [5.41, 5.74) is 5.67. The van der Waals surface area contributed by atoms with Gasteiger partial charge in [-0.25, -0.2) is 4.98 Å². The number of likely N-dealkylation sites (N-methyl/N-ethyl adjacent to an activating group) is 1. The SMILES string of the molecule is CCCN(CCN(CC)CC)Cc1cnc(N)s1. The van der Waals surface area contributed by atoms with E-state index in [1.54, 1.807) is 11.3 Å². The molecule has 0 aliphatic rings. The lowest BCUT2D eigenvalue weighted by Gasteiger charge is -2.25. The Morgan fingerprint density at radius 3 is 2.28 bits per heavy atom. The number of nitrogens with zero attached hydrogens (tertiary/aromatic N) is 3. The van der Waals surface area contributed by atoms with Gasteiger partial charge in [0.15, 0.2) is 5.13 Å². The van der Waals surface area contributed by atoms with Crippen LogP contribution >= 0.6 is 11.3 Å². The minimum atomic E-state index is 0.671. The molecule has 0 saturated heterocycles. The molecule has 0 bridgehead atoms. The van der Waals surface area contributed by atoms with Crippen LogP contribution in [0.2, 0.25) is 0 Å². The highest BCUT2D eigenvalue weighted by Crippen LogP contribution is 2.16. The van der Waals surface area contributed by atoms with Crippen molar-refractivity contribution in [3.8, 4) is 0 Å². The van der Waals surface area contributed by atoms with Crippen LogP contribution in [0.25, 0.3) is 0 Å². The van der Waals surface area contributed by atoms with Gasteiger partial charge in [-0.05, 0) is 26.1 Å². The molecule has 0 radical (unpaired) electrons. The van der Waals surface area contributed by atoms with Crippen LogP contribution in [0.5, 0.6) is 0 Å². The van der Waals surface area contributed by atoms with Crippen molar-refractivity contribution < 1.29 is 0 Å². The summed E-state index contributed by atoms with van der Waals surface area (Å²) in [6.07, 6.45) is 3.09. The van der Waals surface area contributed by atoms with E-state index in [1.165, 1.54) is 11.3 Å². The van der Waals surface area contributed by atoms with E-state index in [2.05, 4.69) is 35.6 Å². The summed E-state index contributed by atoms with van der Waals surface area (Å²) in [5, 5.41) is 0.671. The highest BCUT2D eigenvalue weighted by atomic mass is 32.1. The van der Waals surface area contributed by atoms with Crippen molar-refractivity contribution >= 4 is 16.5 Å². The molecular weight excluding hydrogens is 244 g/mol. The zero-order valence-corrected chi connectivity index (χ0v) is 12.7. The lowest BCUT2D eigenvalue weighted by Crippen LogP contribution is -2.35. The third-order valence-electron chi connectivity index (χ3n) is 3.12. The van der Waals surface area contributed by atoms with Crippen LogP contribution in [0.1, 0.15) is 32.1 Å². The van der Waals surface area contributed by atoms with Crippen LogP contribution in [0, 0.1) is 0 Å². The fraction of sp³-hybridized carbons (Fsp3) is 0.769. The van der Waals surface area contributed by atoms with Crippen molar-refractivity contribution in [1.29, 1.82) is 0 Å². The summed E-state index contributed by atoms with van der Waals surface area (Å²) in [5.74, 6) is 0. The number of rotatable bonds is 9. The number of nitrogens with two attached hydrogens (primary N) is 1. The Morgan fingerprint density at radius 2 is 1.78 bits per heavy atom. The van der Waals surface area contributed by atoms with Gasteiger partial charge < -0.3 is 10.6 Å². The van der Waals surface area contributed by atoms with Gasteiger partial charge in [0.05, 0.1) is 0 Å². The van der Waals surface area contributed by atoms with Gasteiger partial charge >= 0.3 is 0 Å². The van der Waals surface area contributed by atoms with Gasteiger partial charge in [0.2, 0.25) is 0 Å². The normalized spacial score (nSPS) is 11.6. The molecule has 5 heteroatoms. The number of nitrogen functional groups attached to an aromatic ring is 1. The van der Waals surface area contributed by atoms with Crippen molar-refractivity contribution in [3.63, 3.8) is 0 Å². The zero-order chi connectivity index (χ0) is 13.4. The number of aromatic nitrogens is 1. The summed E-state index contributed by atoms with van der Waals surface area (Å²) in [6, 6.07) is 0. The van der Waals surface area contributed by atoms with Crippen LogP contribution in [-0.4, -0.2) is 47.5 Å². The van der Waals surface area contributed by atoms with Crippen molar-refractivity contribution in [2.24, 2.45) is 0 Å². The topological polar surface area (TPSA) is 45.4 Å². The van der Waals surface area contributed by atoms with Crippen LogP contribution in [0.4, 0.5) is 5.13 Å². The van der Waals surface area contributed by atoms with E-state index in [0.29, 0.717) is 5.13 Å². The highest BCUT2D eigenvalue weighted by Gasteiger charge is 2.09. The Labute approximate surface area is 115 Å². The second kappa shape index (κ2) is 8.45. The molecule has 1 aromatic heterocycles. The molecule has 0 unspecified atom stereocenters. The summed E-state index contributed by atoms with van der Waals surface area (Å²) in [6.45, 7) is 13.3. The number of thiazole rings is 1. The van der Waals surface area contributed by atoms with Crippen LogP contribution in [0.15, 0.2) is 6.20 Å². The predicted octanol–water partition coefficient (Wildman–Crippen LogP) is 2.28. The second-order valence-corrected chi connectivity index (χ2v) is 5.61. The van der Waals surface area contributed by atoms with Crippen LogP contribution in [-0.2, 0) is 6.54 Å². The lowest BCUT2D eigenvalue weighted by atomic mass is 10.3. The summed E-state index contributed by atoms with van der Waals surface area (Å²) < 4.78 is 0. The van der Waals surface area contributed by atoms with E-state index in [4.69, 9.17) is 5.73 Å². The average Bonchev–Trinajstić information content (AvgIpc) is 2.76. The molecule has 1 aromatic rings. The molecule has 0 spiro atoms. The Hall–Kier alpha value is -0.650. The molecule has 18 heavy (non-hydrogen) atoms. The number of hydrogen-bond acceptors (Lipinski definition) is 5.